The molecule has 0 bridgehead atoms. The van der Waals surface area contributed by atoms with Gasteiger partial charge in [0.1, 0.15) is 17.3 Å². The Morgan fingerprint density at radius 2 is 1.10 bits per heavy atom. The van der Waals surface area contributed by atoms with Crippen molar-refractivity contribution in [3.63, 3.8) is 0 Å². The molecular weight excluding hydrogens is 516 g/mol. The maximum atomic E-state index is 6.47. The summed E-state index contributed by atoms with van der Waals surface area (Å²) in [5, 5.41) is 5.78. The number of nitrogens with zero attached hydrogens (tertiary/aromatic N) is 3. The number of ether oxygens (including phenoxy) is 1. The highest BCUT2D eigenvalue weighted by atomic mass is 16.5. The number of aromatic nitrogens is 3. The molecule has 0 saturated heterocycles. The average Bonchev–Trinajstić information content (AvgIpc) is 3.69. The summed E-state index contributed by atoms with van der Waals surface area (Å²) in [6.45, 7) is 0. The lowest BCUT2D eigenvalue weighted by Gasteiger charge is -2.16. The molecule has 3 heterocycles. The first-order chi connectivity index (χ1) is 20.8. The molecule has 2 aromatic heterocycles. The van der Waals surface area contributed by atoms with E-state index in [4.69, 9.17) is 14.7 Å². The fraction of sp³-hybridized carbons (Fsp3) is 0.0270. The van der Waals surface area contributed by atoms with Gasteiger partial charge < -0.3 is 10.1 Å². The van der Waals surface area contributed by atoms with Gasteiger partial charge in [-0.15, -0.1) is 0 Å². The molecule has 0 aliphatic carbocycles. The summed E-state index contributed by atoms with van der Waals surface area (Å²) in [7, 11) is 0. The molecule has 0 spiro atoms. The Morgan fingerprint density at radius 1 is 0.548 bits per heavy atom. The predicted octanol–water partition coefficient (Wildman–Crippen LogP) is 8.52. The minimum Gasteiger partial charge on any atom is -0.463 e. The van der Waals surface area contributed by atoms with Crippen LogP contribution in [0.3, 0.4) is 0 Å². The largest absolute Gasteiger partial charge is 0.463 e. The minimum atomic E-state index is -0.453. The van der Waals surface area contributed by atoms with Crippen molar-refractivity contribution in [2.24, 2.45) is 0 Å². The third kappa shape index (κ3) is 4.19. The number of benzene rings is 5. The number of nitrogens with one attached hydrogen (secondary N) is 1. The molecule has 0 amide bonds. The summed E-state index contributed by atoms with van der Waals surface area (Å²) >= 11 is 0. The number of hydrogen-bond acceptors (Lipinski definition) is 4. The van der Waals surface area contributed by atoms with Crippen LogP contribution in [0.1, 0.15) is 17.5 Å². The molecule has 5 nitrogen and oxygen atoms in total. The molecule has 0 fully saturated rings. The van der Waals surface area contributed by atoms with Crippen LogP contribution in [0.4, 0.5) is 0 Å². The van der Waals surface area contributed by atoms with Crippen LogP contribution in [0.25, 0.3) is 55.9 Å². The van der Waals surface area contributed by atoms with Crippen molar-refractivity contribution in [1.29, 1.82) is 0 Å². The van der Waals surface area contributed by atoms with Gasteiger partial charge in [-0.2, -0.15) is 0 Å². The fourth-order valence-corrected chi connectivity index (χ4v) is 5.69. The molecule has 200 valence electrons. The van der Waals surface area contributed by atoms with E-state index >= 15 is 0 Å². The number of para-hydroxylation sites is 2. The van der Waals surface area contributed by atoms with Gasteiger partial charge >= 0.3 is 0 Å². The zero-order valence-corrected chi connectivity index (χ0v) is 22.7. The van der Waals surface area contributed by atoms with Gasteiger partial charge in [0.25, 0.3) is 0 Å². The van der Waals surface area contributed by atoms with Crippen molar-refractivity contribution in [3.05, 3.63) is 157 Å². The van der Waals surface area contributed by atoms with Crippen LogP contribution in [-0.2, 0) is 4.74 Å². The maximum Gasteiger partial charge on any atom is 0.213 e. The molecule has 5 heteroatoms. The summed E-state index contributed by atoms with van der Waals surface area (Å²) in [5.41, 5.74) is 7.26. The van der Waals surface area contributed by atoms with Crippen molar-refractivity contribution in [3.8, 4) is 28.3 Å². The molecule has 1 atom stereocenters. The predicted molar refractivity (Wildman–Crippen MR) is 169 cm³/mol. The molecule has 7 aromatic rings. The Kier molecular flexibility index (Phi) is 5.78. The molecule has 1 aliphatic rings. The summed E-state index contributed by atoms with van der Waals surface area (Å²) in [6.07, 6.45) is 1.47. The molecule has 1 aliphatic heterocycles. The molecule has 1 unspecified atom stereocenters. The second-order valence-corrected chi connectivity index (χ2v) is 10.3. The van der Waals surface area contributed by atoms with Crippen molar-refractivity contribution >= 4 is 27.6 Å². The van der Waals surface area contributed by atoms with E-state index in [0.29, 0.717) is 5.82 Å². The van der Waals surface area contributed by atoms with Gasteiger partial charge in [-0.3, -0.25) is 4.57 Å². The van der Waals surface area contributed by atoms with E-state index in [2.05, 4.69) is 107 Å². The Labute approximate surface area is 243 Å². The quantitative estimate of drug-likeness (QED) is 0.237. The van der Waals surface area contributed by atoms with E-state index in [-0.39, 0.29) is 0 Å². The van der Waals surface area contributed by atoms with Gasteiger partial charge in [-0.05, 0) is 23.3 Å². The first-order valence-corrected chi connectivity index (χ1v) is 14.0. The van der Waals surface area contributed by atoms with Crippen LogP contribution in [0.5, 0.6) is 0 Å². The Bertz CT molecular complexity index is 2030. The van der Waals surface area contributed by atoms with Gasteiger partial charge in [0, 0.05) is 34.2 Å². The van der Waals surface area contributed by atoms with Crippen molar-refractivity contribution in [2.45, 2.75) is 6.23 Å². The molecule has 8 rings (SSSR count). The summed E-state index contributed by atoms with van der Waals surface area (Å²) in [4.78, 5) is 10.1. The van der Waals surface area contributed by atoms with Gasteiger partial charge in [0.15, 0.2) is 5.82 Å². The average molecular weight is 543 g/mol. The van der Waals surface area contributed by atoms with Crippen molar-refractivity contribution in [2.75, 3.05) is 0 Å². The molecule has 5 aromatic carbocycles. The van der Waals surface area contributed by atoms with E-state index in [1.54, 1.807) is 0 Å². The molecule has 42 heavy (non-hydrogen) atoms. The third-order valence-corrected chi connectivity index (χ3v) is 7.73. The van der Waals surface area contributed by atoms with Gasteiger partial charge in [-0.1, -0.05) is 121 Å². The van der Waals surface area contributed by atoms with Crippen LogP contribution in [0.15, 0.2) is 146 Å². The zero-order valence-electron chi connectivity index (χ0n) is 22.7. The second kappa shape index (κ2) is 10.1. The Hall–Kier alpha value is -5.68. The Balaban J connectivity index is 1.19. The SMILES string of the molecule is C1=C(c2ccc(-c3ccccc3)cc2)OC(c2cc(-n3c4ccccc4c4ccccc43)nc(-c3ccccc3)n2)N1. The van der Waals surface area contributed by atoms with Crippen molar-refractivity contribution < 1.29 is 4.74 Å². The Morgan fingerprint density at radius 3 is 1.76 bits per heavy atom. The van der Waals surface area contributed by atoms with E-state index in [0.717, 1.165) is 39.4 Å². The highest BCUT2D eigenvalue weighted by molar-refractivity contribution is 6.09. The lowest BCUT2D eigenvalue weighted by molar-refractivity contribution is 0.169. The standard InChI is InChI=1S/C37H26N4O/c1-3-11-25(12-4-1)26-19-21-27(22-20-26)34-24-38-37(42-34)31-23-35(40-36(39-31)28-13-5-2-6-14-28)41-32-17-9-7-15-29(32)30-16-8-10-18-33(30)41/h1-24,37-38H. The van der Waals surface area contributed by atoms with E-state index in [1.165, 1.54) is 21.9 Å². The van der Waals surface area contributed by atoms with Gasteiger partial charge in [0.05, 0.1) is 11.0 Å². The van der Waals surface area contributed by atoms with E-state index in [9.17, 15) is 0 Å². The fourth-order valence-electron chi connectivity index (χ4n) is 5.69. The highest BCUT2D eigenvalue weighted by Gasteiger charge is 2.25. The lowest BCUT2D eigenvalue weighted by Crippen LogP contribution is -2.15. The van der Waals surface area contributed by atoms with Gasteiger partial charge in [-0.25, -0.2) is 9.97 Å². The van der Waals surface area contributed by atoms with Crippen molar-refractivity contribution in [1.82, 2.24) is 19.9 Å². The molecule has 0 radical (unpaired) electrons. The van der Waals surface area contributed by atoms with E-state index < -0.39 is 6.23 Å². The highest BCUT2D eigenvalue weighted by Crippen LogP contribution is 2.35. The minimum absolute atomic E-state index is 0.453. The monoisotopic (exact) mass is 542 g/mol. The van der Waals surface area contributed by atoms with Crippen LogP contribution >= 0.6 is 0 Å². The molecule has 1 N–H and O–H groups in total. The van der Waals surface area contributed by atoms with E-state index in [1.807, 2.05) is 48.7 Å². The summed E-state index contributed by atoms with van der Waals surface area (Å²) in [5.74, 6) is 2.22. The first-order valence-electron chi connectivity index (χ1n) is 14.0. The molecule has 0 saturated carbocycles. The number of fused-ring (bicyclic) bond motifs is 3. The number of hydrogen-bond donors (Lipinski definition) is 1. The third-order valence-electron chi connectivity index (χ3n) is 7.73. The normalized spacial score (nSPS) is 14.5. The maximum absolute atomic E-state index is 6.47. The second-order valence-electron chi connectivity index (χ2n) is 10.3. The lowest BCUT2D eigenvalue weighted by atomic mass is 10.0. The van der Waals surface area contributed by atoms with Crippen LogP contribution in [0.2, 0.25) is 0 Å². The first kappa shape index (κ1) is 24.1. The smallest absolute Gasteiger partial charge is 0.213 e. The number of rotatable bonds is 5. The zero-order chi connectivity index (χ0) is 27.9. The van der Waals surface area contributed by atoms with Crippen LogP contribution in [0, 0.1) is 0 Å². The summed E-state index contributed by atoms with van der Waals surface area (Å²) in [6, 6.07) is 47.8. The van der Waals surface area contributed by atoms with Crippen LogP contribution in [-0.4, -0.2) is 14.5 Å². The van der Waals surface area contributed by atoms with Gasteiger partial charge in [0.2, 0.25) is 6.23 Å². The topological polar surface area (TPSA) is 52.0 Å². The molecular formula is C37H26N4O. The summed E-state index contributed by atoms with van der Waals surface area (Å²) < 4.78 is 8.68. The van der Waals surface area contributed by atoms with Crippen LogP contribution < -0.4 is 5.32 Å².